The first kappa shape index (κ1) is 15.0. The van der Waals surface area contributed by atoms with Crippen LogP contribution in [0.4, 0.5) is 0 Å². The van der Waals surface area contributed by atoms with E-state index >= 15 is 0 Å². The van der Waals surface area contributed by atoms with Crippen molar-refractivity contribution in [1.82, 2.24) is 10.2 Å². The molecule has 2 unspecified atom stereocenters. The molecule has 1 rings (SSSR count). The molecule has 0 spiro atoms. The van der Waals surface area contributed by atoms with Crippen molar-refractivity contribution < 1.29 is 4.79 Å². The Labute approximate surface area is 110 Å². The lowest BCUT2D eigenvalue weighted by Gasteiger charge is -2.34. The number of hydrogen-bond donors (Lipinski definition) is 1. The highest BCUT2D eigenvalue weighted by atomic mass is 16.2. The Balaban J connectivity index is 2.53. The van der Waals surface area contributed by atoms with Crippen molar-refractivity contribution in [1.29, 1.82) is 5.26 Å². The molecule has 0 aromatic heterocycles. The number of carbonyl (C=O) groups is 1. The second kappa shape index (κ2) is 6.19. The van der Waals surface area contributed by atoms with E-state index < -0.39 is 5.54 Å². The number of nitrogens with one attached hydrogen (secondary N) is 1. The van der Waals surface area contributed by atoms with E-state index in [2.05, 4.69) is 23.2 Å². The molecule has 18 heavy (non-hydrogen) atoms. The van der Waals surface area contributed by atoms with Crippen LogP contribution < -0.4 is 5.32 Å². The Morgan fingerprint density at radius 2 is 2.22 bits per heavy atom. The quantitative estimate of drug-likeness (QED) is 0.830. The summed E-state index contributed by atoms with van der Waals surface area (Å²) in [7, 11) is 0. The van der Waals surface area contributed by atoms with Crippen LogP contribution in [0.5, 0.6) is 0 Å². The highest BCUT2D eigenvalue weighted by Gasteiger charge is 2.31. The Hall–Kier alpha value is -1.08. The standard InChI is InChI=1S/C14H25N3O/c1-11(2)14(4,10-15)16-13(18)9-17-8-6-5-7-12(17)3/h11-12H,5-9H2,1-4H3,(H,16,18). The van der Waals surface area contributed by atoms with E-state index in [9.17, 15) is 10.1 Å². The molecular formula is C14H25N3O. The maximum atomic E-state index is 12.0. The van der Waals surface area contributed by atoms with Crippen LogP contribution in [0.15, 0.2) is 0 Å². The smallest absolute Gasteiger partial charge is 0.235 e. The maximum Gasteiger partial charge on any atom is 0.235 e. The minimum absolute atomic E-state index is 0.0403. The summed E-state index contributed by atoms with van der Waals surface area (Å²) in [4.78, 5) is 14.2. The molecule has 0 aliphatic carbocycles. The summed E-state index contributed by atoms with van der Waals surface area (Å²) in [5.41, 5.74) is -0.768. The zero-order chi connectivity index (χ0) is 13.8. The SMILES string of the molecule is CC1CCCCN1CC(=O)NC(C)(C#N)C(C)C. The van der Waals surface area contributed by atoms with Gasteiger partial charge in [-0.3, -0.25) is 9.69 Å². The maximum absolute atomic E-state index is 12.0. The van der Waals surface area contributed by atoms with Gasteiger partial charge in [-0.05, 0) is 39.2 Å². The Bertz CT molecular complexity index is 334. The normalized spacial score (nSPS) is 24.3. The lowest BCUT2D eigenvalue weighted by Crippen LogP contribution is -2.53. The van der Waals surface area contributed by atoms with Crippen molar-refractivity contribution in [3.63, 3.8) is 0 Å². The lowest BCUT2D eigenvalue weighted by molar-refractivity contribution is -0.124. The topological polar surface area (TPSA) is 56.1 Å². The van der Waals surface area contributed by atoms with Crippen LogP contribution in [0.3, 0.4) is 0 Å². The zero-order valence-corrected chi connectivity index (χ0v) is 12.0. The fraction of sp³-hybridized carbons (Fsp3) is 0.857. The van der Waals surface area contributed by atoms with Gasteiger partial charge in [0.1, 0.15) is 5.54 Å². The molecule has 0 bridgehead atoms. The highest BCUT2D eigenvalue weighted by Crippen LogP contribution is 2.17. The molecule has 0 saturated carbocycles. The molecule has 2 atom stereocenters. The van der Waals surface area contributed by atoms with Crippen LogP contribution in [0.1, 0.15) is 47.0 Å². The molecule has 1 aliphatic heterocycles. The average molecular weight is 251 g/mol. The predicted octanol–water partition coefficient (Wildman–Crippen LogP) is 1.92. The van der Waals surface area contributed by atoms with Gasteiger partial charge in [0.15, 0.2) is 0 Å². The molecule has 4 nitrogen and oxygen atoms in total. The van der Waals surface area contributed by atoms with Crippen LogP contribution in [-0.4, -0.2) is 35.5 Å². The summed E-state index contributed by atoms with van der Waals surface area (Å²) in [6.45, 7) is 9.25. The summed E-state index contributed by atoms with van der Waals surface area (Å²) < 4.78 is 0. The molecule has 1 heterocycles. The van der Waals surface area contributed by atoms with Gasteiger partial charge >= 0.3 is 0 Å². The molecule has 1 saturated heterocycles. The third kappa shape index (κ3) is 3.71. The summed E-state index contributed by atoms with van der Waals surface area (Å²) in [5, 5.41) is 12.1. The summed E-state index contributed by atoms with van der Waals surface area (Å²) in [6.07, 6.45) is 3.57. The molecule has 1 fully saturated rings. The number of piperidine rings is 1. The van der Waals surface area contributed by atoms with Crippen molar-refractivity contribution in [3.8, 4) is 6.07 Å². The number of nitriles is 1. The van der Waals surface area contributed by atoms with Crippen molar-refractivity contribution >= 4 is 5.91 Å². The van der Waals surface area contributed by atoms with Crippen molar-refractivity contribution in [2.75, 3.05) is 13.1 Å². The van der Waals surface area contributed by atoms with E-state index in [4.69, 9.17) is 0 Å². The zero-order valence-electron chi connectivity index (χ0n) is 12.0. The van der Waals surface area contributed by atoms with E-state index in [0.717, 1.165) is 19.4 Å². The van der Waals surface area contributed by atoms with Gasteiger partial charge in [-0.2, -0.15) is 5.26 Å². The molecule has 4 heteroatoms. The van der Waals surface area contributed by atoms with Gasteiger partial charge in [-0.1, -0.05) is 20.3 Å². The Kier molecular flexibility index (Phi) is 5.15. The number of hydrogen-bond acceptors (Lipinski definition) is 3. The second-order valence-electron chi connectivity index (χ2n) is 5.83. The summed E-state index contributed by atoms with van der Waals surface area (Å²) in [6, 6.07) is 2.68. The number of carbonyl (C=O) groups excluding carboxylic acids is 1. The molecule has 102 valence electrons. The molecule has 0 aromatic carbocycles. The van der Waals surface area contributed by atoms with E-state index in [1.54, 1.807) is 6.92 Å². The first-order chi connectivity index (χ1) is 8.39. The molecule has 1 aliphatic rings. The van der Waals surface area contributed by atoms with Gasteiger partial charge in [-0.15, -0.1) is 0 Å². The van der Waals surface area contributed by atoms with Gasteiger partial charge < -0.3 is 5.32 Å². The summed E-state index contributed by atoms with van der Waals surface area (Å²) >= 11 is 0. The molecule has 0 aromatic rings. The van der Waals surface area contributed by atoms with E-state index in [0.29, 0.717) is 12.6 Å². The van der Waals surface area contributed by atoms with E-state index in [-0.39, 0.29) is 11.8 Å². The summed E-state index contributed by atoms with van der Waals surface area (Å²) in [5.74, 6) is 0.0618. The first-order valence-electron chi connectivity index (χ1n) is 6.85. The second-order valence-corrected chi connectivity index (χ2v) is 5.83. The average Bonchev–Trinajstić information content (AvgIpc) is 2.31. The van der Waals surface area contributed by atoms with E-state index in [1.165, 1.54) is 6.42 Å². The Morgan fingerprint density at radius 3 is 2.72 bits per heavy atom. The minimum Gasteiger partial charge on any atom is -0.337 e. The van der Waals surface area contributed by atoms with Crippen LogP contribution in [-0.2, 0) is 4.79 Å². The molecule has 1 amide bonds. The van der Waals surface area contributed by atoms with Crippen molar-refractivity contribution in [3.05, 3.63) is 0 Å². The van der Waals surface area contributed by atoms with Gasteiger partial charge in [0.25, 0.3) is 0 Å². The number of likely N-dealkylation sites (tertiary alicyclic amines) is 1. The molecule has 0 radical (unpaired) electrons. The number of amides is 1. The molecule has 1 N–H and O–H groups in total. The fourth-order valence-corrected chi connectivity index (χ4v) is 2.21. The van der Waals surface area contributed by atoms with Gasteiger partial charge in [0.05, 0.1) is 12.6 Å². The van der Waals surface area contributed by atoms with Gasteiger partial charge in [-0.25, -0.2) is 0 Å². The fourth-order valence-electron chi connectivity index (χ4n) is 2.21. The third-order valence-electron chi connectivity index (χ3n) is 4.07. The minimum atomic E-state index is -0.768. The van der Waals surface area contributed by atoms with Crippen LogP contribution in [0.2, 0.25) is 0 Å². The van der Waals surface area contributed by atoms with Crippen molar-refractivity contribution in [2.45, 2.75) is 58.5 Å². The van der Waals surface area contributed by atoms with E-state index in [1.807, 2.05) is 13.8 Å². The third-order valence-corrected chi connectivity index (χ3v) is 4.07. The van der Waals surface area contributed by atoms with Crippen LogP contribution in [0, 0.1) is 17.2 Å². The lowest BCUT2D eigenvalue weighted by atomic mass is 9.90. The molecular weight excluding hydrogens is 226 g/mol. The predicted molar refractivity (Wildman–Crippen MR) is 71.9 cm³/mol. The van der Waals surface area contributed by atoms with Gasteiger partial charge in [0, 0.05) is 6.04 Å². The van der Waals surface area contributed by atoms with Crippen LogP contribution >= 0.6 is 0 Å². The first-order valence-corrected chi connectivity index (χ1v) is 6.85. The number of rotatable bonds is 4. The number of nitrogens with zero attached hydrogens (tertiary/aromatic N) is 2. The van der Waals surface area contributed by atoms with Crippen LogP contribution in [0.25, 0.3) is 0 Å². The highest BCUT2D eigenvalue weighted by molar-refractivity contribution is 5.79. The van der Waals surface area contributed by atoms with Gasteiger partial charge in [0.2, 0.25) is 5.91 Å². The Morgan fingerprint density at radius 1 is 1.56 bits per heavy atom. The van der Waals surface area contributed by atoms with Crippen molar-refractivity contribution in [2.24, 2.45) is 5.92 Å². The largest absolute Gasteiger partial charge is 0.337 e. The monoisotopic (exact) mass is 251 g/mol.